The molecular weight excluding hydrogens is 422 g/mol. The summed E-state index contributed by atoms with van der Waals surface area (Å²) in [5, 5.41) is 5.73. The van der Waals surface area contributed by atoms with E-state index < -0.39 is 0 Å². The molecular formula is C24H33N5O4. The van der Waals surface area contributed by atoms with Gasteiger partial charge in [0.2, 0.25) is 11.8 Å². The molecule has 1 aromatic carbocycles. The summed E-state index contributed by atoms with van der Waals surface area (Å²) in [6.07, 6.45) is 5.63. The molecule has 1 aliphatic rings. The van der Waals surface area contributed by atoms with Gasteiger partial charge >= 0.3 is 0 Å². The maximum Gasteiger partial charge on any atom is 0.255 e. The van der Waals surface area contributed by atoms with E-state index in [1.807, 2.05) is 30.7 Å². The number of carbonyl (C=O) groups is 3. The predicted molar refractivity (Wildman–Crippen MR) is 124 cm³/mol. The van der Waals surface area contributed by atoms with Gasteiger partial charge in [0.05, 0.1) is 12.1 Å². The predicted octanol–water partition coefficient (Wildman–Crippen LogP) is 1.69. The first kappa shape index (κ1) is 24.3. The summed E-state index contributed by atoms with van der Waals surface area (Å²) >= 11 is 0. The van der Waals surface area contributed by atoms with Gasteiger partial charge in [-0.25, -0.2) is 4.98 Å². The van der Waals surface area contributed by atoms with Crippen LogP contribution in [0.5, 0.6) is 5.75 Å². The first-order chi connectivity index (χ1) is 16.0. The Labute approximate surface area is 194 Å². The van der Waals surface area contributed by atoms with Crippen molar-refractivity contribution in [1.82, 2.24) is 25.1 Å². The number of amides is 3. The molecule has 0 radical (unpaired) electrons. The van der Waals surface area contributed by atoms with E-state index in [0.29, 0.717) is 63.3 Å². The molecule has 1 aromatic heterocycles. The Morgan fingerprint density at radius 3 is 2.85 bits per heavy atom. The number of rotatable bonds is 4. The van der Waals surface area contributed by atoms with Crippen molar-refractivity contribution < 1.29 is 19.1 Å². The van der Waals surface area contributed by atoms with Gasteiger partial charge < -0.3 is 24.8 Å². The number of benzene rings is 1. The lowest BCUT2D eigenvalue weighted by molar-refractivity contribution is -0.132. The van der Waals surface area contributed by atoms with E-state index in [4.69, 9.17) is 4.74 Å². The molecule has 1 aliphatic heterocycles. The fourth-order valence-electron chi connectivity index (χ4n) is 3.81. The molecule has 3 rings (SSSR count). The van der Waals surface area contributed by atoms with Crippen LogP contribution in [0.4, 0.5) is 0 Å². The van der Waals surface area contributed by atoms with Crippen molar-refractivity contribution >= 4 is 17.7 Å². The Balaban J connectivity index is 1.67. The number of carbonyl (C=O) groups excluding carboxylic acids is 3. The van der Waals surface area contributed by atoms with Crippen LogP contribution in [0.3, 0.4) is 0 Å². The second kappa shape index (κ2) is 12.0. The normalized spacial score (nSPS) is 16.0. The van der Waals surface area contributed by atoms with Gasteiger partial charge in [0.15, 0.2) is 0 Å². The number of nitrogens with one attached hydrogen (secondary N) is 2. The number of fused-ring (bicyclic) bond motifs is 1. The largest absolute Gasteiger partial charge is 0.491 e. The summed E-state index contributed by atoms with van der Waals surface area (Å²) in [7, 11) is 0. The van der Waals surface area contributed by atoms with Gasteiger partial charge in [0.25, 0.3) is 5.91 Å². The van der Waals surface area contributed by atoms with Crippen LogP contribution in [0.15, 0.2) is 30.6 Å². The lowest BCUT2D eigenvalue weighted by Gasteiger charge is -2.23. The summed E-state index contributed by atoms with van der Waals surface area (Å²) in [4.78, 5) is 43.9. The molecule has 33 heavy (non-hydrogen) atoms. The maximum atomic E-state index is 13.0. The third kappa shape index (κ3) is 7.06. The van der Waals surface area contributed by atoms with Crippen molar-refractivity contribution in [2.45, 2.75) is 46.1 Å². The Morgan fingerprint density at radius 1 is 1.18 bits per heavy atom. The standard InChI is InChI=1S/C24H33N5O4/c1-3-21-25-9-14-28(21)13-8-23(31)29-12-4-5-22(30)26-11-16-33-20-7-6-18(2)17-19(20)24(32)27-10-15-29/h6-7,9,14,17H,3-5,8,10-13,15-16H2,1-2H3,(H,26,30)(H,27,32). The molecule has 0 bridgehead atoms. The van der Waals surface area contributed by atoms with Crippen LogP contribution < -0.4 is 15.4 Å². The maximum absolute atomic E-state index is 13.0. The minimum absolute atomic E-state index is 0.00990. The molecule has 0 aliphatic carbocycles. The molecule has 0 atom stereocenters. The Bertz CT molecular complexity index is 972. The number of hydrogen-bond donors (Lipinski definition) is 2. The fourth-order valence-corrected chi connectivity index (χ4v) is 3.81. The Kier molecular flexibility index (Phi) is 8.86. The van der Waals surface area contributed by atoms with Crippen molar-refractivity contribution in [3.05, 3.63) is 47.5 Å². The zero-order chi connectivity index (χ0) is 23.6. The number of aromatic nitrogens is 2. The monoisotopic (exact) mass is 455 g/mol. The lowest BCUT2D eigenvalue weighted by atomic mass is 10.1. The first-order valence-corrected chi connectivity index (χ1v) is 11.5. The van der Waals surface area contributed by atoms with Crippen LogP contribution in [0.1, 0.15) is 47.9 Å². The summed E-state index contributed by atoms with van der Waals surface area (Å²) in [6.45, 7) is 6.26. The highest BCUT2D eigenvalue weighted by Crippen LogP contribution is 2.20. The van der Waals surface area contributed by atoms with Crippen LogP contribution in [-0.2, 0) is 22.6 Å². The first-order valence-electron chi connectivity index (χ1n) is 11.5. The van der Waals surface area contributed by atoms with Gasteiger partial charge in [0, 0.05) is 57.8 Å². The summed E-state index contributed by atoms with van der Waals surface area (Å²) in [5.74, 6) is 1.09. The number of hydrogen-bond acceptors (Lipinski definition) is 5. The quantitative estimate of drug-likeness (QED) is 0.730. The molecule has 0 saturated heterocycles. The van der Waals surface area contributed by atoms with Crippen LogP contribution in [-0.4, -0.2) is 65.0 Å². The van der Waals surface area contributed by atoms with Gasteiger partial charge in [-0.1, -0.05) is 18.6 Å². The smallest absolute Gasteiger partial charge is 0.255 e. The highest BCUT2D eigenvalue weighted by atomic mass is 16.5. The van der Waals surface area contributed by atoms with Crippen molar-refractivity contribution in [2.24, 2.45) is 0 Å². The molecule has 9 heteroatoms. The Hall–Kier alpha value is -3.36. The van der Waals surface area contributed by atoms with Crippen LogP contribution >= 0.6 is 0 Å². The molecule has 0 spiro atoms. The van der Waals surface area contributed by atoms with Crippen molar-refractivity contribution in [1.29, 1.82) is 0 Å². The number of nitrogens with zero attached hydrogens (tertiary/aromatic N) is 3. The van der Waals surface area contributed by atoms with Gasteiger partial charge in [-0.05, 0) is 25.5 Å². The van der Waals surface area contributed by atoms with E-state index >= 15 is 0 Å². The molecule has 2 heterocycles. The van der Waals surface area contributed by atoms with Crippen molar-refractivity contribution in [3.8, 4) is 5.75 Å². The van der Waals surface area contributed by atoms with Gasteiger partial charge in [-0.3, -0.25) is 14.4 Å². The van der Waals surface area contributed by atoms with Gasteiger partial charge in [-0.15, -0.1) is 0 Å². The van der Waals surface area contributed by atoms with Gasteiger partial charge in [0.1, 0.15) is 18.2 Å². The SMILES string of the molecule is CCc1nccn1CCC(=O)N1CCCC(=O)NCCOc2ccc(C)cc2C(=O)NCC1. The topological polar surface area (TPSA) is 106 Å². The highest BCUT2D eigenvalue weighted by molar-refractivity contribution is 5.97. The van der Waals surface area contributed by atoms with Crippen molar-refractivity contribution in [2.75, 3.05) is 32.8 Å². The number of aryl methyl sites for hydroxylation is 3. The fraction of sp³-hybridized carbons (Fsp3) is 0.500. The zero-order valence-corrected chi connectivity index (χ0v) is 19.4. The second-order valence-electron chi connectivity index (χ2n) is 8.08. The van der Waals surface area contributed by atoms with E-state index in [1.165, 1.54) is 0 Å². The average molecular weight is 456 g/mol. The van der Waals surface area contributed by atoms with E-state index in [2.05, 4.69) is 15.6 Å². The molecule has 2 aromatic rings. The van der Waals surface area contributed by atoms with Crippen LogP contribution in [0.25, 0.3) is 0 Å². The minimum atomic E-state index is -0.244. The zero-order valence-electron chi connectivity index (χ0n) is 19.4. The molecule has 9 nitrogen and oxygen atoms in total. The van der Waals surface area contributed by atoms with E-state index in [-0.39, 0.29) is 24.3 Å². The number of imidazole rings is 1. The molecule has 0 saturated carbocycles. The van der Waals surface area contributed by atoms with Crippen molar-refractivity contribution in [3.63, 3.8) is 0 Å². The number of ether oxygens (including phenoxy) is 1. The summed E-state index contributed by atoms with van der Waals surface area (Å²) in [6, 6.07) is 5.42. The summed E-state index contributed by atoms with van der Waals surface area (Å²) in [5.41, 5.74) is 1.39. The lowest BCUT2D eigenvalue weighted by Crippen LogP contribution is -2.39. The molecule has 3 amide bonds. The van der Waals surface area contributed by atoms with E-state index in [0.717, 1.165) is 17.8 Å². The van der Waals surface area contributed by atoms with E-state index in [1.54, 1.807) is 23.2 Å². The highest BCUT2D eigenvalue weighted by Gasteiger charge is 2.17. The molecule has 0 unspecified atom stereocenters. The minimum Gasteiger partial charge on any atom is -0.491 e. The van der Waals surface area contributed by atoms with E-state index in [9.17, 15) is 14.4 Å². The molecule has 178 valence electrons. The third-order valence-corrected chi connectivity index (χ3v) is 5.60. The van der Waals surface area contributed by atoms with Crippen LogP contribution in [0, 0.1) is 6.92 Å². The second-order valence-corrected chi connectivity index (χ2v) is 8.08. The molecule has 0 fully saturated rings. The van der Waals surface area contributed by atoms with Crippen LogP contribution in [0.2, 0.25) is 0 Å². The third-order valence-electron chi connectivity index (χ3n) is 5.60. The Morgan fingerprint density at radius 2 is 2.03 bits per heavy atom. The average Bonchev–Trinajstić information content (AvgIpc) is 3.26. The van der Waals surface area contributed by atoms with Gasteiger partial charge in [-0.2, -0.15) is 0 Å². The molecule has 2 N–H and O–H groups in total. The summed E-state index contributed by atoms with van der Waals surface area (Å²) < 4.78 is 7.72.